The molecule has 0 unspecified atom stereocenters. The predicted molar refractivity (Wildman–Crippen MR) is 110 cm³/mol. The molecule has 0 bridgehead atoms. The van der Waals surface area contributed by atoms with Crippen molar-refractivity contribution in [2.75, 3.05) is 0 Å². The van der Waals surface area contributed by atoms with Crippen LogP contribution in [0, 0.1) is 0 Å². The van der Waals surface area contributed by atoms with Gasteiger partial charge in [-0.25, -0.2) is 0 Å². The summed E-state index contributed by atoms with van der Waals surface area (Å²) >= 11 is 6.35. The van der Waals surface area contributed by atoms with E-state index >= 15 is 0 Å². The van der Waals surface area contributed by atoms with Crippen LogP contribution in [0.3, 0.4) is 0 Å². The van der Waals surface area contributed by atoms with E-state index in [9.17, 15) is 4.79 Å². The van der Waals surface area contributed by atoms with Gasteiger partial charge in [0.25, 0.3) is 0 Å². The van der Waals surface area contributed by atoms with Crippen LogP contribution in [0.5, 0.6) is 0 Å². The number of nitrogens with one attached hydrogen (secondary N) is 1. The van der Waals surface area contributed by atoms with E-state index in [2.05, 4.69) is 35.6 Å². The van der Waals surface area contributed by atoms with Crippen LogP contribution in [-0.4, -0.2) is 11.9 Å². The molecule has 0 atom stereocenters. The third kappa shape index (κ3) is 4.05. The molecular formula is C23H21ClN2O. The second kappa shape index (κ2) is 7.55. The van der Waals surface area contributed by atoms with Crippen molar-refractivity contribution in [3.63, 3.8) is 0 Å². The van der Waals surface area contributed by atoms with Crippen LogP contribution in [0.15, 0.2) is 66.7 Å². The Morgan fingerprint density at radius 1 is 0.963 bits per heavy atom. The van der Waals surface area contributed by atoms with Gasteiger partial charge in [0.1, 0.15) is 0 Å². The minimum Gasteiger partial charge on any atom is -0.366 e. The summed E-state index contributed by atoms with van der Waals surface area (Å²) in [5, 5.41) is 4.36. The van der Waals surface area contributed by atoms with Crippen molar-refractivity contribution in [1.82, 2.24) is 5.32 Å². The van der Waals surface area contributed by atoms with E-state index < -0.39 is 5.91 Å². The first-order valence-corrected chi connectivity index (χ1v) is 9.46. The Morgan fingerprint density at radius 3 is 2.26 bits per heavy atom. The van der Waals surface area contributed by atoms with Gasteiger partial charge in [0.05, 0.1) is 0 Å². The van der Waals surface area contributed by atoms with Gasteiger partial charge in [-0.3, -0.25) is 4.79 Å². The molecule has 3 aromatic carbocycles. The quantitative estimate of drug-likeness (QED) is 0.695. The second-order valence-corrected chi connectivity index (χ2v) is 7.48. The summed E-state index contributed by atoms with van der Waals surface area (Å²) in [6.07, 6.45) is 2.14. The Balaban J connectivity index is 1.47. The molecule has 0 saturated carbocycles. The van der Waals surface area contributed by atoms with E-state index in [4.69, 9.17) is 17.3 Å². The van der Waals surface area contributed by atoms with Crippen molar-refractivity contribution in [1.29, 1.82) is 0 Å². The summed E-state index contributed by atoms with van der Waals surface area (Å²) in [6, 6.07) is 22.5. The van der Waals surface area contributed by atoms with Crippen molar-refractivity contribution in [3.8, 4) is 11.1 Å². The Hall–Kier alpha value is -2.62. The van der Waals surface area contributed by atoms with E-state index in [0.29, 0.717) is 16.6 Å². The molecule has 136 valence electrons. The van der Waals surface area contributed by atoms with Crippen LogP contribution in [0.4, 0.5) is 0 Å². The zero-order valence-electron chi connectivity index (χ0n) is 14.9. The Bertz CT molecular complexity index is 957. The number of carbonyl (C=O) groups excluding carboxylic acids is 1. The summed E-state index contributed by atoms with van der Waals surface area (Å²) in [4.78, 5) is 11.2. The first-order chi connectivity index (χ1) is 13.1. The number of nitrogens with two attached hydrogens (primary N) is 1. The lowest BCUT2D eigenvalue weighted by Crippen LogP contribution is -2.28. The summed E-state index contributed by atoms with van der Waals surface area (Å²) in [5.41, 5.74) is 11.9. The SMILES string of the molecule is NC(=O)c1ccc(-c2cc(Cl)cc(CNC3Cc4ccccc4C3)c2)cc1. The number of fused-ring (bicyclic) bond motifs is 1. The van der Waals surface area contributed by atoms with E-state index in [1.165, 1.54) is 11.1 Å². The summed E-state index contributed by atoms with van der Waals surface area (Å²) < 4.78 is 0. The molecule has 27 heavy (non-hydrogen) atoms. The van der Waals surface area contributed by atoms with Crippen LogP contribution in [-0.2, 0) is 19.4 Å². The highest BCUT2D eigenvalue weighted by Crippen LogP contribution is 2.26. The molecule has 3 nitrogen and oxygen atoms in total. The summed E-state index contributed by atoms with van der Waals surface area (Å²) in [7, 11) is 0. The van der Waals surface area contributed by atoms with Gasteiger partial charge in [0.2, 0.25) is 5.91 Å². The van der Waals surface area contributed by atoms with Gasteiger partial charge in [-0.1, -0.05) is 48.0 Å². The molecule has 0 spiro atoms. The number of carbonyl (C=O) groups is 1. The first kappa shape index (κ1) is 17.8. The fraction of sp³-hybridized carbons (Fsp3) is 0.174. The molecule has 0 aliphatic heterocycles. The molecule has 4 heteroatoms. The molecule has 0 fully saturated rings. The van der Waals surface area contributed by atoms with Crippen molar-refractivity contribution in [2.24, 2.45) is 5.73 Å². The van der Waals surface area contributed by atoms with E-state index in [1.807, 2.05) is 24.3 Å². The summed E-state index contributed by atoms with van der Waals surface area (Å²) in [6.45, 7) is 0.769. The number of amides is 1. The molecule has 1 amide bonds. The standard InChI is InChI=1S/C23H21ClN2O/c24-21-10-15(14-26-22-12-18-3-1-2-4-19(18)13-22)9-20(11-21)16-5-7-17(8-6-16)23(25)27/h1-11,22,26H,12-14H2,(H2,25,27). The molecule has 0 radical (unpaired) electrons. The zero-order valence-corrected chi connectivity index (χ0v) is 15.7. The van der Waals surface area contributed by atoms with Crippen molar-refractivity contribution in [2.45, 2.75) is 25.4 Å². The maximum absolute atomic E-state index is 11.2. The molecule has 0 heterocycles. The lowest BCUT2D eigenvalue weighted by atomic mass is 10.0. The number of hydrogen-bond acceptors (Lipinski definition) is 2. The molecule has 0 saturated heterocycles. The highest BCUT2D eigenvalue weighted by atomic mass is 35.5. The molecule has 0 aromatic heterocycles. The number of benzene rings is 3. The fourth-order valence-corrected chi connectivity index (χ4v) is 3.97. The first-order valence-electron chi connectivity index (χ1n) is 9.08. The number of primary amides is 1. The summed E-state index contributed by atoms with van der Waals surface area (Å²) in [5.74, 6) is -0.421. The lowest BCUT2D eigenvalue weighted by Gasteiger charge is -2.13. The molecule has 1 aliphatic carbocycles. The van der Waals surface area contributed by atoms with Crippen LogP contribution in [0.1, 0.15) is 27.0 Å². The normalized spacial score (nSPS) is 13.5. The van der Waals surface area contributed by atoms with Crippen molar-refractivity contribution < 1.29 is 4.79 Å². The second-order valence-electron chi connectivity index (χ2n) is 7.04. The largest absolute Gasteiger partial charge is 0.366 e. The lowest BCUT2D eigenvalue weighted by molar-refractivity contribution is 0.100. The number of rotatable bonds is 5. The maximum Gasteiger partial charge on any atom is 0.248 e. The van der Waals surface area contributed by atoms with Crippen LogP contribution in [0.25, 0.3) is 11.1 Å². The highest BCUT2D eigenvalue weighted by molar-refractivity contribution is 6.31. The topological polar surface area (TPSA) is 55.1 Å². The number of halogens is 1. The smallest absolute Gasteiger partial charge is 0.248 e. The molecule has 3 aromatic rings. The van der Waals surface area contributed by atoms with E-state index in [1.54, 1.807) is 12.1 Å². The van der Waals surface area contributed by atoms with Crippen molar-refractivity contribution >= 4 is 17.5 Å². The van der Waals surface area contributed by atoms with Crippen LogP contribution >= 0.6 is 11.6 Å². The number of hydrogen-bond donors (Lipinski definition) is 2. The monoisotopic (exact) mass is 376 g/mol. The minimum atomic E-state index is -0.421. The van der Waals surface area contributed by atoms with Gasteiger partial charge in [-0.2, -0.15) is 0 Å². The minimum absolute atomic E-state index is 0.421. The van der Waals surface area contributed by atoms with Gasteiger partial charge in [-0.05, 0) is 71.0 Å². The van der Waals surface area contributed by atoms with Gasteiger partial charge in [0.15, 0.2) is 0 Å². The van der Waals surface area contributed by atoms with E-state index in [0.717, 1.165) is 36.1 Å². The third-order valence-electron chi connectivity index (χ3n) is 5.11. The van der Waals surface area contributed by atoms with Crippen molar-refractivity contribution in [3.05, 3.63) is 94.0 Å². The van der Waals surface area contributed by atoms with Gasteiger partial charge in [-0.15, -0.1) is 0 Å². The molecule has 1 aliphatic rings. The van der Waals surface area contributed by atoms with Gasteiger partial charge in [0, 0.05) is 23.2 Å². The highest BCUT2D eigenvalue weighted by Gasteiger charge is 2.20. The average molecular weight is 377 g/mol. The average Bonchev–Trinajstić information content (AvgIpc) is 3.09. The zero-order chi connectivity index (χ0) is 18.8. The van der Waals surface area contributed by atoms with Gasteiger partial charge < -0.3 is 11.1 Å². The Morgan fingerprint density at radius 2 is 1.63 bits per heavy atom. The maximum atomic E-state index is 11.2. The Labute approximate surface area is 164 Å². The van der Waals surface area contributed by atoms with Gasteiger partial charge >= 0.3 is 0 Å². The Kier molecular flexibility index (Phi) is 4.97. The molecular weight excluding hydrogens is 356 g/mol. The third-order valence-corrected chi connectivity index (χ3v) is 5.32. The predicted octanol–water partition coefficient (Wildman–Crippen LogP) is 4.36. The van der Waals surface area contributed by atoms with E-state index in [-0.39, 0.29) is 0 Å². The molecule has 3 N–H and O–H groups in total. The molecule has 4 rings (SSSR count). The van der Waals surface area contributed by atoms with Crippen LogP contribution in [0.2, 0.25) is 5.02 Å². The van der Waals surface area contributed by atoms with Crippen LogP contribution < -0.4 is 11.1 Å². The fourth-order valence-electron chi connectivity index (χ4n) is 3.71.